The van der Waals surface area contributed by atoms with Gasteiger partial charge in [-0.15, -0.1) is 11.3 Å². The maximum absolute atomic E-state index is 10.4. The number of rotatable bonds is 3. The molecule has 0 amide bonds. The Balaban J connectivity index is 2.01. The maximum atomic E-state index is 10.4. The van der Waals surface area contributed by atoms with Crippen LogP contribution in [0.3, 0.4) is 0 Å². The predicted octanol–water partition coefficient (Wildman–Crippen LogP) is 2.88. The summed E-state index contributed by atoms with van der Waals surface area (Å²) < 4.78 is 16.0. The van der Waals surface area contributed by atoms with E-state index in [9.17, 15) is 5.11 Å². The molecule has 0 bridgehead atoms. The first kappa shape index (κ1) is 12.3. The van der Waals surface area contributed by atoms with Gasteiger partial charge >= 0.3 is 0 Å². The van der Waals surface area contributed by atoms with Crippen LogP contribution in [0.4, 0.5) is 0 Å². The van der Waals surface area contributed by atoms with Gasteiger partial charge in [0.15, 0.2) is 11.5 Å². The number of ether oxygens (including phenoxy) is 3. The van der Waals surface area contributed by atoms with Crippen LogP contribution in [0.1, 0.15) is 22.1 Å². The molecule has 1 aromatic carbocycles. The third-order valence-electron chi connectivity index (χ3n) is 3.06. The number of aliphatic hydroxyl groups excluding tert-OH is 1. The molecule has 0 spiro atoms. The molecule has 4 nitrogen and oxygen atoms in total. The van der Waals surface area contributed by atoms with Crippen molar-refractivity contribution in [3.8, 4) is 17.2 Å². The fraction of sp³-hybridized carbons (Fsp3) is 0.286. The first-order valence-corrected chi connectivity index (χ1v) is 6.77. The monoisotopic (exact) mass is 278 g/mol. The van der Waals surface area contributed by atoms with Crippen LogP contribution in [0.15, 0.2) is 23.6 Å². The van der Waals surface area contributed by atoms with Gasteiger partial charge in [-0.05, 0) is 41.6 Å². The average Bonchev–Trinajstić information content (AvgIpc) is 3.04. The molecular formula is C14H14O4S. The summed E-state index contributed by atoms with van der Waals surface area (Å²) in [6.07, 6.45) is -0.687. The maximum Gasteiger partial charge on any atom is 0.231 e. The average molecular weight is 278 g/mol. The first-order chi connectivity index (χ1) is 9.19. The lowest BCUT2D eigenvalue weighted by molar-refractivity contribution is 0.171. The SMILES string of the molecule is COc1cc(C(O)c2csc(C)c2)cc2c1OCO2. The number of thiophene rings is 1. The molecule has 5 heteroatoms. The summed E-state index contributed by atoms with van der Waals surface area (Å²) in [5.74, 6) is 1.79. The molecule has 3 rings (SSSR count). The highest BCUT2D eigenvalue weighted by Gasteiger charge is 2.23. The largest absolute Gasteiger partial charge is 0.493 e. The molecule has 0 aliphatic carbocycles. The normalized spacial score (nSPS) is 14.5. The van der Waals surface area contributed by atoms with Crippen molar-refractivity contribution < 1.29 is 19.3 Å². The zero-order valence-electron chi connectivity index (χ0n) is 10.7. The summed E-state index contributed by atoms with van der Waals surface area (Å²) in [5.41, 5.74) is 1.61. The van der Waals surface area contributed by atoms with Gasteiger partial charge in [0.1, 0.15) is 6.10 Å². The number of aryl methyl sites for hydroxylation is 1. The highest BCUT2D eigenvalue weighted by molar-refractivity contribution is 7.10. The van der Waals surface area contributed by atoms with E-state index in [0.717, 1.165) is 11.1 Å². The molecule has 1 N–H and O–H groups in total. The van der Waals surface area contributed by atoms with Crippen LogP contribution in [0.2, 0.25) is 0 Å². The van der Waals surface area contributed by atoms with Gasteiger partial charge < -0.3 is 19.3 Å². The van der Waals surface area contributed by atoms with Crippen molar-refractivity contribution >= 4 is 11.3 Å². The summed E-state index contributed by atoms with van der Waals surface area (Å²) in [5, 5.41) is 12.4. The van der Waals surface area contributed by atoms with E-state index in [0.29, 0.717) is 17.2 Å². The molecule has 0 radical (unpaired) electrons. The van der Waals surface area contributed by atoms with Gasteiger partial charge in [0.05, 0.1) is 7.11 Å². The Hall–Kier alpha value is -1.72. The second-order valence-electron chi connectivity index (χ2n) is 4.35. The molecule has 2 aromatic rings. The van der Waals surface area contributed by atoms with E-state index in [-0.39, 0.29) is 6.79 Å². The highest BCUT2D eigenvalue weighted by Crippen LogP contribution is 2.43. The zero-order chi connectivity index (χ0) is 13.4. The lowest BCUT2D eigenvalue weighted by Gasteiger charge is -2.12. The van der Waals surface area contributed by atoms with Gasteiger partial charge in [0, 0.05) is 4.88 Å². The molecule has 1 aliphatic heterocycles. The molecule has 100 valence electrons. The van der Waals surface area contributed by atoms with Crippen LogP contribution in [0, 0.1) is 6.92 Å². The summed E-state index contributed by atoms with van der Waals surface area (Å²) in [4.78, 5) is 1.17. The number of methoxy groups -OCH3 is 1. The van der Waals surface area contributed by atoms with Crippen molar-refractivity contribution in [2.45, 2.75) is 13.0 Å². The quantitative estimate of drug-likeness (QED) is 0.938. The third kappa shape index (κ3) is 2.15. The van der Waals surface area contributed by atoms with E-state index in [1.54, 1.807) is 30.6 Å². The Morgan fingerprint density at radius 1 is 1.26 bits per heavy atom. The topological polar surface area (TPSA) is 47.9 Å². The van der Waals surface area contributed by atoms with E-state index >= 15 is 0 Å². The first-order valence-electron chi connectivity index (χ1n) is 5.89. The van der Waals surface area contributed by atoms with E-state index in [1.807, 2.05) is 18.4 Å². The van der Waals surface area contributed by atoms with Gasteiger partial charge in [-0.3, -0.25) is 0 Å². The second kappa shape index (κ2) is 4.75. The van der Waals surface area contributed by atoms with Gasteiger partial charge in [0.25, 0.3) is 0 Å². The number of hydrogen-bond acceptors (Lipinski definition) is 5. The number of aliphatic hydroxyl groups is 1. The summed E-state index contributed by atoms with van der Waals surface area (Å²) in [6, 6.07) is 5.56. The van der Waals surface area contributed by atoms with Crippen LogP contribution < -0.4 is 14.2 Å². The summed E-state index contributed by atoms with van der Waals surface area (Å²) in [7, 11) is 1.57. The Morgan fingerprint density at radius 2 is 2.11 bits per heavy atom. The molecule has 0 saturated carbocycles. The number of hydrogen-bond donors (Lipinski definition) is 1. The fourth-order valence-electron chi connectivity index (χ4n) is 2.11. The van der Waals surface area contributed by atoms with Crippen LogP contribution in [-0.2, 0) is 0 Å². The molecule has 0 fully saturated rings. The van der Waals surface area contributed by atoms with Gasteiger partial charge in [0.2, 0.25) is 12.5 Å². The van der Waals surface area contributed by atoms with E-state index in [4.69, 9.17) is 14.2 Å². The Labute approximate surface area is 115 Å². The van der Waals surface area contributed by atoms with Crippen LogP contribution in [0.25, 0.3) is 0 Å². The van der Waals surface area contributed by atoms with Crippen molar-refractivity contribution in [3.05, 3.63) is 39.6 Å². The minimum atomic E-state index is -0.687. The van der Waals surface area contributed by atoms with E-state index in [2.05, 4.69) is 0 Å². The van der Waals surface area contributed by atoms with Crippen molar-refractivity contribution in [3.63, 3.8) is 0 Å². The van der Waals surface area contributed by atoms with E-state index in [1.165, 1.54) is 4.88 Å². The third-order valence-corrected chi connectivity index (χ3v) is 3.94. The minimum Gasteiger partial charge on any atom is -0.493 e. The number of benzene rings is 1. The molecule has 1 atom stereocenters. The van der Waals surface area contributed by atoms with Gasteiger partial charge in [-0.2, -0.15) is 0 Å². The summed E-state index contributed by atoms with van der Waals surface area (Å²) in [6.45, 7) is 2.20. The lowest BCUT2D eigenvalue weighted by Crippen LogP contribution is -1.99. The fourth-order valence-corrected chi connectivity index (χ4v) is 2.83. The smallest absolute Gasteiger partial charge is 0.231 e. The van der Waals surface area contributed by atoms with Crippen LogP contribution >= 0.6 is 11.3 Å². The second-order valence-corrected chi connectivity index (χ2v) is 5.47. The van der Waals surface area contributed by atoms with Crippen molar-refractivity contribution in [1.29, 1.82) is 0 Å². The zero-order valence-corrected chi connectivity index (χ0v) is 11.5. The Morgan fingerprint density at radius 3 is 2.79 bits per heavy atom. The Bertz CT molecular complexity index is 605. The van der Waals surface area contributed by atoms with Crippen molar-refractivity contribution in [2.24, 2.45) is 0 Å². The molecule has 0 saturated heterocycles. The molecule has 1 aliphatic rings. The van der Waals surface area contributed by atoms with E-state index < -0.39 is 6.10 Å². The molecule has 1 aromatic heterocycles. The van der Waals surface area contributed by atoms with Gasteiger partial charge in [-0.1, -0.05) is 0 Å². The summed E-state index contributed by atoms with van der Waals surface area (Å²) >= 11 is 1.62. The standard InChI is InChI=1S/C14H14O4S/c1-8-3-10(6-19-8)13(15)9-4-11(16-2)14-12(5-9)17-7-18-14/h3-6,13,15H,7H2,1-2H3. The molecule has 1 unspecified atom stereocenters. The van der Waals surface area contributed by atoms with Crippen molar-refractivity contribution in [2.75, 3.05) is 13.9 Å². The Kier molecular flexibility index (Phi) is 3.08. The van der Waals surface area contributed by atoms with Crippen LogP contribution in [0.5, 0.6) is 17.2 Å². The molecule has 2 heterocycles. The van der Waals surface area contributed by atoms with Crippen LogP contribution in [-0.4, -0.2) is 19.0 Å². The molecular weight excluding hydrogens is 264 g/mol. The highest BCUT2D eigenvalue weighted by atomic mass is 32.1. The molecule has 19 heavy (non-hydrogen) atoms. The van der Waals surface area contributed by atoms with Crippen molar-refractivity contribution in [1.82, 2.24) is 0 Å². The predicted molar refractivity (Wildman–Crippen MR) is 72.2 cm³/mol. The minimum absolute atomic E-state index is 0.183. The number of fused-ring (bicyclic) bond motifs is 1. The lowest BCUT2D eigenvalue weighted by atomic mass is 10.0. The van der Waals surface area contributed by atoms with Gasteiger partial charge in [-0.25, -0.2) is 0 Å².